The first kappa shape index (κ1) is 24.4. The van der Waals surface area contributed by atoms with Gasteiger partial charge in [-0.25, -0.2) is 8.42 Å². The molecule has 1 aromatic heterocycles. The Morgan fingerprint density at radius 1 is 0.833 bits per heavy atom. The molecule has 0 bridgehead atoms. The lowest BCUT2D eigenvalue weighted by Crippen LogP contribution is -2.39. The number of anilines is 1. The molecule has 0 fully saturated rings. The van der Waals surface area contributed by atoms with Crippen molar-refractivity contribution < 1.29 is 13.5 Å². The van der Waals surface area contributed by atoms with E-state index in [0.29, 0.717) is 10.7 Å². The minimum atomic E-state index is -3.96. The van der Waals surface area contributed by atoms with Crippen molar-refractivity contribution in [1.82, 2.24) is 4.57 Å². The van der Waals surface area contributed by atoms with Gasteiger partial charge in [-0.05, 0) is 67.4 Å². The molecule has 0 saturated carbocycles. The van der Waals surface area contributed by atoms with Gasteiger partial charge >= 0.3 is 0 Å². The smallest absolute Gasteiger partial charge is 0.264 e. The molecule has 0 aliphatic rings. The van der Waals surface area contributed by atoms with Crippen LogP contribution in [0.2, 0.25) is 5.02 Å². The maximum absolute atomic E-state index is 13.8. The Kier molecular flexibility index (Phi) is 6.51. The van der Waals surface area contributed by atoms with Crippen molar-refractivity contribution in [3.63, 3.8) is 0 Å². The molecular weight excluding hydrogens is 492 g/mol. The Morgan fingerprint density at radius 3 is 2.03 bits per heavy atom. The lowest BCUT2D eigenvalue weighted by Gasteiger charge is -2.29. The van der Waals surface area contributed by atoms with Gasteiger partial charge < -0.3 is 9.67 Å². The lowest BCUT2D eigenvalue weighted by molar-refractivity contribution is 0.166. The number of hydrogen-bond acceptors (Lipinski definition) is 3. The number of aliphatic hydroxyl groups is 1. The molecule has 1 heterocycles. The fraction of sp³-hybridized carbons (Fsp3) is 0.172. The average Bonchev–Trinajstić information content (AvgIpc) is 3.18. The van der Waals surface area contributed by atoms with Crippen molar-refractivity contribution in [1.29, 1.82) is 0 Å². The number of aromatic nitrogens is 1. The number of para-hydroxylation sites is 2. The van der Waals surface area contributed by atoms with Crippen molar-refractivity contribution in [2.24, 2.45) is 0 Å². The van der Waals surface area contributed by atoms with E-state index in [2.05, 4.69) is 16.7 Å². The molecule has 0 spiro atoms. The third kappa shape index (κ3) is 4.37. The quantitative estimate of drug-likeness (QED) is 0.274. The minimum Gasteiger partial charge on any atom is -0.389 e. The number of halogens is 1. The van der Waals surface area contributed by atoms with Crippen LogP contribution in [0.4, 0.5) is 5.69 Å². The first-order valence-electron chi connectivity index (χ1n) is 11.8. The van der Waals surface area contributed by atoms with Gasteiger partial charge in [0.15, 0.2) is 0 Å². The number of nitrogens with zero attached hydrogens (tertiary/aromatic N) is 2. The Hall–Kier alpha value is -3.32. The topological polar surface area (TPSA) is 62.5 Å². The monoisotopic (exact) mass is 518 g/mol. The van der Waals surface area contributed by atoms with Gasteiger partial charge in [0.25, 0.3) is 10.0 Å². The summed E-state index contributed by atoms with van der Waals surface area (Å²) in [5.41, 5.74) is 4.36. The normalized spacial score (nSPS) is 12.8. The number of aliphatic hydroxyl groups excluding tert-OH is 1. The van der Waals surface area contributed by atoms with Crippen molar-refractivity contribution in [2.45, 2.75) is 31.4 Å². The highest BCUT2D eigenvalue weighted by molar-refractivity contribution is 7.92. The van der Waals surface area contributed by atoms with Gasteiger partial charge in [-0.3, -0.25) is 4.31 Å². The molecule has 5 rings (SSSR count). The molecule has 184 valence electrons. The summed E-state index contributed by atoms with van der Waals surface area (Å²) in [5, 5.41) is 14.0. The largest absolute Gasteiger partial charge is 0.389 e. The zero-order valence-electron chi connectivity index (χ0n) is 20.1. The molecule has 1 atom stereocenters. The highest BCUT2D eigenvalue weighted by atomic mass is 35.5. The fourth-order valence-corrected chi connectivity index (χ4v) is 6.41. The van der Waals surface area contributed by atoms with Gasteiger partial charge in [0.2, 0.25) is 0 Å². The second-order valence-corrected chi connectivity index (χ2v) is 11.3. The third-order valence-electron chi connectivity index (χ3n) is 6.70. The molecule has 0 saturated heterocycles. The van der Waals surface area contributed by atoms with Gasteiger partial charge in [0.05, 0.1) is 29.8 Å². The first-order chi connectivity index (χ1) is 17.3. The molecule has 36 heavy (non-hydrogen) atoms. The number of fused-ring (bicyclic) bond motifs is 3. The van der Waals surface area contributed by atoms with Crippen LogP contribution in [0, 0.1) is 13.8 Å². The molecular formula is C29H27ClN2O3S. The Balaban J connectivity index is 1.56. The van der Waals surface area contributed by atoms with Gasteiger partial charge in [-0.2, -0.15) is 0 Å². The van der Waals surface area contributed by atoms with Crippen LogP contribution in [0.3, 0.4) is 0 Å². The summed E-state index contributed by atoms with van der Waals surface area (Å²) in [5.74, 6) is 0. The first-order valence-corrected chi connectivity index (χ1v) is 13.6. The molecule has 0 radical (unpaired) electrons. The van der Waals surface area contributed by atoms with E-state index in [9.17, 15) is 13.5 Å². The van der Waals surface area contributed by atoms with E-state index < -0.39 is 16.1 Å². The van der Waals surface area contributed by atoms with Gasteiger partial charge in [-0.1, -0.05) is 60.1 Å². The number of aryl methyl sites for hydroxylation is 1. The van der Waals surface area contributed by atoms with E-state index in [1.165, 1.54) is 16.4 Å². The van der Waals surface area contributed by atoms with Crippen LogP contribution in [0.5, 0.6) is 0 Å². The molecule has 1 N–H and O–H groups in total. The fourth-order valence-electron chi connectivity index (χ4n) is 4.73. The zero-order chi connectivity index (χ0) is 25.4. The maximum Gasteiger partial charge on any atom is 0.264 e. The molecule has 0 amide bonds. The molecule has 0 aliphatic carbocycles. The van der Waals surface area contributed by atoms with E-state index in [4.69, 9.17) is 11.6 Å². The van der Waals surface area contributed by atoms with Crippen LogP contribution in [0.15, 0.2) is 95.9 Å². The van der Waals surface area contributed by atoms with Gasteiger partial charge in [0, 0.05) is 26.8 Å². The van der Waals surface area contributed by atoms with E-state index in [1.807, 2.05) is 62.4 Å². The van der Waals surface area contributed by atoms with Crippen LogP contribution >= 0.6 is 11.6 Å². The van der Waals surface area contributed by atoms with Crippen LogP contribution < -0.4 is 4.31 Å². The number of sulfonamides is 1. The highest BCUT2D eigenvalue weighted by Gasteiger charge is 2.29. The molecule has 5 aromatic rings. The number of hydrogen-bond donors (Lipinski definition) is 1. The highest BCUT2D eigenvalue weighted by Crippen LogP contribution is 2.31. The summed E-state index contributed by atoms with van der Waals surface area (Å²) >= 11 is 6.01. The molecule has 0 aliphatic heterocycles. The predicted molar refractivity (Wildman–Crippen MR) is 147 cm³/mol. The second-order valence-electron chi connectivity index (χ2n) is 9.01. The van der Waals surface area contributed by atoms with Crippen molar-refractivity contribution in [2.75, 3.05) is 10.8 Å². The van der Waals surface area contributed by atoms with Crippen molar-refractivity contribution in [3.8, 4) is 0 Å². The molecule has 7 heteroatoms. The second kappa shape index (κ2) is 9.62. The number of rotatable bonds is 7. The molecule has 0 unspecified atom stereocenters. The summed E-state index contributed by atoms with van der Waals surface area (Å²) in [6.45, 7) is 3.98. The Bertz CT molecular complexity index is 1610. The SMILES string of the molecule is Cc1cccc(N(C[C@H](O)Cn2c3ccccc3c3ccccc32)S(=O)(=O)c2ccc(Cl)cc2)c1C. The standard InChI is InChI=1S/C29H27ClN2O3S/c1-20-8-7-13-27(21(20)2)32(36(34,35)24-16-14-22(30)15-17-24)19-23(33)18-31-28-11-5-3-9-25(28)26-10-4-6-12-29(26)31/h3-17,23,33H,18-19H2,1-2H3/t23-/m1/s1. The minimum absolute atomic E-state index is 0.101. The zero-order valence-corrected chi connectivity index (χ0v) is 21.7. The summed E-state index contributed by atoms with van der Waals surface area (Å²) in [4.78, 5) is 0.122. The van der Waals surface area contributed by atoms with E-state index in [-0.39, 0.29) is 18.0 Å². The third-order valence-corrected chi connectivity index (χ3v) is 8.74. The van der Waals surface area contributed by atoms with Crippen LogP contribution in [0.25, 0.3) is 21.8 Å². The van der Waals surface area contributed by atoms with Gasteiger partial charge in [-0.15, -0.1) is 0 Å². The summed E-state index contributed by atoms with van der Waals surface area (Å²) < 4.78 is 31.0. The van der Waals surface area contributed by atoms with Crippen molar-refractivity contribution in [3.05, 3.63) is 107 Å². The van der Waals surface area contributed by atoms with Crippen LogP contribution in [-0.4, -0.2) is 30.7 Å². The summed E-state index contributed by atoms with van der Waals surface area (Å²) in [7, 11) is -3.96. The van der Waals surface area contributed by atoms with Crippen LogP contribution in [-0.2, 0) is 16.6 Å². The maximum atomic E-state index is 13.8. The summed E-state index contributed by atoms with van der Waals surface area (Å²) in [6, 6.07) is 27.8. The predicted octanol–water partition coefficient (Wildman–Crippen LogP) is 6.32. The van der Waals surface area contributed by atoms with E-state index in [1.54, 1.807) is 18.2 Å². The van der Waals surface area contributed by atoms with E-state index >= 15 is 0 Å². The Labute approximate surface area is 216 Å². The van der Waals surface area contributed by atoms with E-state index in [0.717, 1.165) is 32.9 Å². The average molecular weight is 519 g/mol. The number of benzene rings is 4. The summed E-state index contributed by atoms with van der Waals surface area (Å²) in [6.07, 6.45) is -0.966. The van der Waals surface area contributed by atoms with Crippen molar-refractivity contribution >= 4 is 49.1 Å². The Morgan fingerprint density at radius 2 is 1.42 bits per heavy atom. The molecule has 4 aromatic carbocycles. The van der Waals surface area contributed by atoms with Gasteiger partial charge in [0.1, 0.15) is 0 Å². The lowest BCUT2D eigenvalue weighted by atomic mass is 10.1. The van der Waals surface area contributed by atoms with Crippen LogP contribution in [0.1, 0.15) is 11.1 Å². The molecule has 5 nitrogen and oxygen atoms in total.